The molecule has 1 atom stereocenters. The standard InChI is InChI=1S/C10H21NO3/c1-8(2)14-7-5-6-11-10(12)9(3)13-4/h8-9H,5-7H2,1-4H3,(H,11,12)/t9-/m0/s1. The molecule has 4 heteroatoms. The van der Waals surface area contributed by atoms with Crippen LogP contribution in [0.2, 0.25) is 0 Å². The summed E-state index contributed by atoms with van der Waals surface area (Å²) >= 11 is 0. The molecule has 0 saturated carbocycles. The molecule has 0 bridgehead atoms. The first-order chi connectivity index (χ1) is 6.57. The van der Waals surface area contributed by atoms with Gasteiger partial charge in [-0.2, -0.15) is 0 Å². The van der Waals surface area contributed by atoms with Crippen molar-refractivity contribution in [1.82, 2.24) is 5.32 Å². The van der Waals surface area contributed by atoms with Gasteiger partial charge in [0.25, 0.3) is 0 Å². The molecule has 0 rings (SSSR count). The van der Waals surface area contributed by atoms with Crippen LogP contribution in [0.4, 0.5) is 0 Å². The molecule has 0 spiro atoms. The quantitative estimate of drug-likeness (QED) is 0.627. The van der Waals surface area contributed by atoms with E-state index in [0.29, 0.717) is 13.2 Å². The van der Waals surface area contributed by atoms with E-state index in [9.17, 15) is 4.79 Å². The maximum absolute atomic E-state index is 11.2. The third kappa shape index (κ3) is 6.86. The van der Waals surface area contributed by atoms with Crippen molar-refractivity contribution < 1.29 is 14.3 Å². The van der Waals surface area contributed by atoms with Gasteiger partial charge >= 0.3 is 0 Å². The van der Waals surface area contributed by atoms with Crippen LogP contribution in [0.25, 0.3) is 0 Å². The zero-order chi connectivity index (χ0) is 11.0. The Morgan fingerprint density at radius 3 is 2.50 bits per heavy atom. The van der Waals surface area contributed by atoms with E-state index in [4.69, 9.17) is 9.47 Å². The normalized spacial score (nSPS) is 12.9. The Labute approximate surface area is 86.0 Å². The minimum Gasteiger partial charge on any atom is -0.379 e. The largest absolute Gasteiger partial charge is 0.379 e. The van der Waals surface area contributed by atoms with Crippen molar-refractivity contribution >= 4 is 5.91 Å². The van der Waals surface area contributed by atoms with E-state index < -0.39 is 0 Å². The number of ether oxygens (including phenoxy) is 2. The van der Waals surface area contributed by atoms with Gasteiger partial charge in [-0.15, -0.1) is 0 Å². The van der Waals surface area contributed by atoms with Crippen LogP contribution in [0, 0.1) is 0 Å². The molecule has 0 saturated heterocycles. The number of carbonyl (C=O) groups excluding carboxylic acids is 1. The van der Waals surface area contributed by atoms with Crippen molar-refractivity contribution in [2.75, 3.05) is 20.3 Å². The first-order valence-corrected chi connectivity index (χ1v) is 5.00. The van der Waals surface area contributed by atoms with Gasteiger partial charge in [0.15, 0.2) is 0 Å². The van der Waals surface area contributed by atoms with Crippen molar-refractivity contribution in [3.05, 3.63) is 0 Å². The molecule has 0 aliphatic heterocycles. The van der Waals surface area contributed by atoms with Crippen LogP contribution in [0.5, 0.6) is 0 Å². The van der Waals surface area contributed by atoms with Crippen molar-refractivity contribution in [1.29, 1.82) is 0 Å². The smallest absolute Gasteiger partial charge is 0.248 e. The van der Waals surface area contributed by atoms with Gasteiger partial charge < -0.3 is 14.8 Å². The van der Waals surface area contributed by atoms with Gasteiger partial charge in [0.05, 0.1) is 6.10 Å². The first kappa shape index (κ1) is 13.4. The van der Waals surface area contributed by atoms with Crippen molar-refractivity contribution in [2.24, 2.45) is 0 Å². The highest BCUT2D eigenvalue weighted by Gasteiger charge is 2.09. The molecular weight excluding hydrogens is 182 g/mol. The Morgan fingerprint density at radius 2 is 2.00 bits per heavy atom. The average Bonchev–Trinajstić information content (AvgIpc) is 2.15. The Balaban J connectivity index is 3.32. The molecule has 0 aromatic carbocycles. The minimum atomic E-state index is -0.374. The fourth-order valence-corrected chi connectivity index (χ4v) is 0.854. The first-order valence-electron chi connectivity index (χ1n) is 5.00. The SMILES string of the molecule is CO[C@@H](C)C(=O)NCCCOC(C)C. The summed E-state index contributed by atoms with van der Waals surface area (Å²) in [6.45, 7) is 7.02. The molecule has 0 aromatic heterocycles. The number of methoxy groups -OCH3 is 1. The molecule has 0 aliphatic carbocycles. The third-order valence-electron chi connectivity index (χ3n) is 1.79. The van der Waals surface area contributed by atoms with Gasteiger partial charge in [0, 0.05) is 20.3 Å². The highest BCUT2D eigenvalue weighted by molar-refractivity contribution is 5.80. The lowest BCUT2D eigenvalue weighted by atomic mass is 10.3. The second-order valence-corrected chi connectivity index (χ2v) is 3.44. The predicted molar refractivity (Wildman–Crippen MR) is 55.2 cm³/mol. The molecule has 0 heterocycles. The number of hydrogen-bond donors (Lipinski definition) is 1. The fraction of sp³-hybridized carbons (Fsp3) is 0.900. The molecule has 0 aromatic rings. The van der Waals surface area contributed by atoms with Crippen LogP contribution in [-0.2, 0) is 14.3 Å². The maximum Gasteiger partial charge on any atom is 0.248 e. The lowest BCUT2D eigenvalue weighted by molar-refractivity contribution is -0.130. The van der Waals surface area contributed by atoms with Crippen molar-refractivity contribution in [3.63, 3.8) is 0 Å². The number of hydrogen-bond acceptors (Lipinski definition) is 3. The van der Waals surface area contributed by atoms with Gasteiger partial charge in [0.2, 0.25) is 5.91 Å². The average molecular weight is 203 g/mol. The van der Waals surface area contributed by atoms with Crippen molar-refractivity contribution in [2.45, 2.75) is 39.4 Å². The molecular formula is C10H21NO3. The summed E-state index contributed by atoms with van der Waals surface area (Å²) in [5, 5.41) is 2.76. The highest BCUT2D eigenvalue weighted by Crippen LogP contribution is 1.90. The Kier molecular flexibility index (Phi) is 7.42. The van der Waals surface area contributed by atoms with Crippen molar-refractivity contribution in [3.8, 4) is 0 Å². The van der Waals surface area contributed by atoms with Gasteiger partial charge in [-0.05, 0) is 27.2 Å². The third-order valence-corrected chi connectivity index (χ3v) is 1.79. The highest BCUT2D eigenvalue weighted by atomic mass is 16.5. The number of carbonyl (C=O) groups is 1. The Hall–Kier alpha value is -0.610. The summed E-state index contributed by atoms with van der Waals surface area (Å²) in [6, 6.07) is 0. The molecule has 0 unspecified atom stereocenters. The minimum absolute atomic E-state index is 0.0722. The molecule has 0 fully saturated rings. The predicted octanol–water partition coefficient (Wildman–Crippen LogP) is 0.953. The zero-order valence-corrected chi connectivity index (χ0v) is 9.50. The summed E-state index contributed by atoms with van der Waals surface area (Å²) in [4.78, 5) is 11.2. The molecule has 84 valence electrons. The Bertz CT molecular complexity index is 159. The lowest BCUT2D eigenvalue weighted by Crippen LogP contribution is -2.34. The Morgan fingerprint density at radius 1 is 1.36 bits per heavy atom. The molecule has 0 radical (unpaired) electrons. The summed E-state index contributed by atoms with van der Waals surface area (Å²) in [6.07, 6.45) is 0.713. The monoisotopic (exact) mass is 203 g/mol. The van der Waals surface area contributed by atoms with Crippen LogP contribution in [0.1, 0.15) is 27.2 Å². The summed E-state index contributed by atoms with van der Waals surface area (Å²) < 4.78 is 10.2. The summed E-state index contributed by atoms with van der Waals surface area (Å²) in [7, 11) is 1.52. The van der Waals surface area contributed by atoms with E-state index >= 15 is 0 Å². The second-order valence-electron chi connectivity index (χ2n) is 3.44. The van der Waals surface area contributed by atoms with Gasteiger partial charge in [0.1, 0.15) is 6.10 Å². The summed E-state index contributed by atoms with van der Waals surface area (Å²) in [5.41, 5.74) is 0. The fourth-order valence-electron chi connectivity index (χ4n) is 0.854. The van der Waals surface area contributed by atoms with E-state index in [1.165, 1.54) is 7.11 Å². The van der Waals surface area contributed by atoms with E-state index in [2.05, 4.69) is 5.32 Å². The molecule has 0 aliphatic rings. The topological polar surface area (TPSA) is 47.6 Å². The van der Waals surface area contributed by atoms with Crippen LogP contribution in [0.15, 0.2) is 0 Å². The van der Waals surface area contributed by atoms with Gasteiger partial charge in [-0.1, -0.05) is 0 Å². The van der Waals surface area contributed by atoms with Crippen LogP contribution in [-0.4, -0.2) is 38.4 Å². The van der Waals surface area contributed by atoms with Crippen LogP contribution < -0.4 is 5.32 Å². The van der Waals surface area contributed by atoms with E-state index in [1.807, 2.05) is 13.8 Å². The van der Waals surface area contributed by atoms with Gasteiger partial charge in [-0.3, -0.25) is 4.79 Å². The molecule has 4 nitrogen and oxygen atoms in total. The van der Waals surface area contributed by atoms with E-state index in [-0.39, 0.29) is 18.1 Å². The van der Waals surface area contributed by atoms with Crippen LogP contribution >= 0.6 is 0 Å². The number of amides is 1. The van der Waals surface area contributed by atoms with Gasteiger partial charge in [-0.25, -0.2) is 0 Å². The maximum atomic E-state index is 11.2. The molecule has 1 N–H and O–H groups in total. The second kappa shape index (κ2) is 7.76. The number of nitrogens with one attached hydrogen (secondary N) is 1. The number of rotatable bonds is 7. The van der Waals surface area contributed by atoms with E-state index in [1.54, 1.807) is 6.92 Å². The van der Waals surface area contributed by atoms with Crippen LogP contribution in [0.3, 0.4) is 0 Å². The lowest BCUT2D eigenvalue weighted by Gasteiger charge is -2.11. The zero-order valence-electron chi connectivity index (χ0n) is 9.50. The molecule has 1 amide bonds. The van der Waals surface area contributed by atoms with E-state index in [0.717, 1.165) is 6.42 Å². The molecule has 14 heavy (non-hydrogen) atoms. The summed E-state index contributed by atoms with van der Waals surface area (Å²) in [5.74, 6) is -0.0722.